The number of nitrogens with zero attached hydrogens (tertiary/aromatic N) is 1. The molecule has 3 aromatic rings. The van der Waals surface area contributed by atoms with Crippen LogP contribution in [-0.4, -0.2) is 50.1 Å². The van der Waals surface area contributed by atoms with Crippen LogP contribution >= 0.6 is 11.6 Å². The molecule has 0 spiro atoms. The van der Waals surface area contributed by atoms with Gasteiger partial charge in [-0.1, -0.05) is 48.0 Å². The van der Waals surface area contributed by atoms with Crippen molar-refractivity contribution in [2.24, 2.45) is 0 Å². The number of hydrogen-bond acceptors (Lipinski definition) is 5. The first kappa shape index (κ1) is 26.9. The summed E-state index contributed by atoms with van der Waals surface area (Å²) in [6.07, 6.45) is 0.657. The van der Waals surface area contributed by atoms with Crippen LogP contribution in [-0.2, 0) is 22.6 Å². The highest BCUT2D eigenvalue weighted by Crippen LogP contribution is 2.23. The van der Waals surface area contributed by atoms with E-state index in [0.29, 0.717) is 29.5 Å². The lowest BCUT2D eigenvalue weighted by Gasteiger charge is -2.29. The predicted octanol–water partition coefficient (Wildman–Crippen LogP) is 4.51. The monoisotopic (exact) mass is 510 g/mol. The Bertz CT molecular complexity index is 1140. The number of rotatable bonds is 12. The van der Waals surface area contributed by atoms with E-state index in [2.05, 4.69) is 5.32 Å². The first-order chi connectivity index (χ1) is 17.4. The third-order valence-electron chi connectivity index (χ3n) is 5.74. The molecule has 0 radical (unpaired) electrons. The maximum atomic E-state index is 13.2. The van der Waals surface area contributed by atoms with Crippen LogP contribution in [0.4, 0.5) is 0 Å². The van der Waals surface area contributed by atoms with Crippen molar-refractivity contribution in [1.29, 1.82) is 0 Å². The van der Waals surface area contributed by atoms with Crippen molar-refractivity contribution in [2.75, 3.05) is 27.4 Å². The zero-order valence-electron chi connectivity index (χ0n) is 20.7. The minimum absolute atomic E-state index is 0.238. The Morgan fingerprint density at radius 1 is 0.889 bits per heavy atom. The highest BCUT2D eigenvalue weighted by Gasteiger charge is 2.26. The van der Waals surface area contributed by atoms with E-state index < -0.39 is 6.04 Å². The molecular formula is C28H31ClN2O5. The lowest BCUT2D eigenvalue weighted by Crippen LogP contribution is -2.49. The maximum Gasteiger partial charge on any atom is 0.261 e. The summed E-state index contributed by atoms with van der Waals surface area (Å²) in [5.74, 6) is 1.33. The third kappa shape index (κ3) is 7.65. The molecule has 2 amide bonds. The summed E-state index contributed by atoms with van der Waals surface area (Å²) >= 11 is 6.15. The number of nitrogens with one attached hydrogen (secondary N) is 1. The van der Waals surface area contributed by atoms with E-state index in [-0.39, 0.29) is 25.0 Å². The normalized spacial score (nSPS) is 11.3. The second-order valence-electron chi connectivity index (χ2n) is 8.15. The van der Waals surface area contributed by atoms with Crippen LogP contribution in [0.1, 0.15) is 18.1 Å². The van der Waals surface area contributed by atoms with E-state index in [1.165, 1.54) is 4.90 Å². The highest BCUT2D eigenvalue weighted by atomic mass is 35.5. The van der Waals surface area contributed by atoms with Gasteiger partial charge in [0.25, 0.3) is 5.91 Å². The fourth-order valence-electron chi connectivity index (χ4n) is 3.56. The number of methoxy groups -OCH3 is 2. The van der Waals surface area contributed by atoms with Crippen molar-refractivity contribution in [3.8, 4) is 17.2 Å². The number of amides is 2. The van der Waals surface area contributed by atoms with Gasteiger partial charge < -0.3 is 24.4 Å². The van der Waals surface area contributed by atoms with Crippen LogP contribution in [0.2, 0.25) is 5.02 Å². The van der Waals surface area contributed by atoms with Gasteiger partial charge in [-0.25, -0.2) is 0 Å². The van der Waals surface area contributed by atoms with E-state index in [1.807, 2.05) is 48.5 Å². The van der Waals surface area contributed by atoms with Crippen molar-refractivity contribution in [3.05, 3.63) is 88.9 Å². The van der Waals surface area contributed by atoms with E-state index in [1.54, 1.807) is 45.4 Å². The number of para-hydroxylation sites is 1. The molecule has 1 unspecified atom stereocenters. The lowest BCUT2D eigenvalue weighted by molar-refractivity contribution is -0.142. The van der Waals surface area contributed by atoms with Crippen LogP contribution in [0.5, 0.6) is 17.2 Å². The number of carbonyl (C=O) groups is 2. The minimum atomic E-state index is -0.717. The average molecular weight is 511 g/mol. The Balaban J connectivity index is 1.65. The Labute approximate surface area is 216 Å². The van der Waals surface area contributed by atoms with Gasteiger partial charge in [0.1, 0.15) is 23.3 Å². The summed E-state index contributed by atoms with van der Waals surface area (Å²) in [4.78, 5) is 27.7. The smallest absolute Gasteiger partial charge is 0.261 e. The second kappa shape index (κ2) is 13.4. The molecule has 1 N–H and O–H groups in total. The lowest BCUT2D eigenvalue weighted by atomic mass is 10.1. The highest BCUT2D eigenvalue weighted by molar-refractivity contribution is 6.32. The maximum absolute atomic E-state index is 13.2. The summed E-state index contributed by atoms with van der Waals surface area (Å²) in [6.45, 7) is 2.14. The van der Waals surface area contributed by atoms with Gasteiger partial charge in [-0.3, -0.25) is 9.59 Å². The summed E-state index contributed by atoms with van der Waals surface area (Å²) in [5, 5.41) is 3.35. The van der Waals surface area contributed by atoms with Crippen molar-refractivity contribution in [3.63, 3.8) is 0 Å². The molecule has 36 heavy (non-hydrogen) atoms. The number of halogens is 1. The Kier molecular flexibility index (Phi) is 10.0. The second-order valence-corrected chi connectivity index (χ2v) is 8.56. The first-order valence-electron chi connectivity index (χ1n) is 11.6. The van der Waals surface area contributed by atoms with Gasteiger partial charge in [0.2, 0.25) is 5.91 Å². The van der Waals surface area contributed by atoms with Gasteiger partial charge in [-0.05, 0) is 60.9 Å². The summed E-state index contributed by atoms with van der Waals surface area (Å²) in [5.41, 5.74) is 1.93. The summed E-state index contributed by atoms with van der Waals surface area (Å²) < 4.78 is 16.0. The van der Waals surface area contributed by atoms with E-state index in [9.17, 15) is 9.59 Å². The van der Waals surface area contributed by atoms with Crippen LogP contribution in [0, 0.1) is 0 Å². The zero-order chi connectivity index (χ0) is 25.9. The van der Waals surface area contributed by atoms with E-state index >= 15 is 0 Å². The van der Waals surface area contributed by atoms with Gasteiger partial charge >= 0.3 is 0 Å². The van der Waals surface area contributed by atoms with Crippen LogP contribution in [0.25, 0.3) is 0 Å². The number of benzene rings is 3. The average Bonchev–Trinajstić information content (AvgIpc) is 2.91. The molecule has 1 atom stereocenters. The third-order valence-corrected chi connectivity index (χ3v) is 6.05. The van der Waals surface area contributed by atoms with E-state index in [4.69, 9.17) is 25.8 Å². The zero-order valence-corrected chi connectivity index (χ0v) is 21.5. The molecular weight excluding hydrogens is 480 g/mol. The van der Waals surface area contributed by atoms with Gasteiger partial charge in [-0.15, -0.1) is 0 Å². The number of ether oxygens (including phenoxy) is 3. The predicted molar refractivity (Wildman–Crippen MR) is 140 cm³/mol. The molecule has 3 aromatic carbocycles. The Hall–Kier alpha value is -3.71. The molecule has 0 saturated heterocycles. The van der Waals surface area contributed by atoms with Crippen molar-refractivity contribution in [2.45, 2.75) is 25.9 Å². The summed E-state index contributed by atoms with van der Waals surface area (Å²) in [6, 6.07) is 21.3. The molecule has 0 heterocycles. The van der Waals surface area contributed by atoms with E-state index in [0.717, 1.165) is 16.9 Å². The topological polar surface area (TPSA) is 77.1 Å². The van der Waals surface area contributed by atoms with Crippen molar-refractivity contribution in [1.82, 2.24) is 10.2 Å². The molecule has 0 aliphatic heterocycles. The SMILES string of the molecule is COc1ccc(CCNC(=O)C(C)N(Cc2ccc(OC)cc2)C(=O)COc2ccccc2Cl)cc1. The van der Waals surface area contributed by atoms with Crippen LogP contribution < -0.4 is 19.5 Å². The van der Waals surface area contributed by atoms with Crippen LogP contribution in [0.15, 0.2) is 72.8 Å². The van der Waals surface area contributed by atoms with Gasteiger partial charge in [0.15, 0.2) is 6.61 Å². The Morgan fingerprint density at radius 2 is 1.47 bits per heavy atom. The summed E-state index contributed by atoms with van der Waals surface area (Å²) in [7, 11) is 3.21. The molecule has 3 rings (SSSR count). The molecule has 190 valence electrons. The fourth-order valence-corrected chi connectivity index (χ4v) is 3.75. The molecule has 0 aliphatic rings. The van der Waals surface area contributed by atoms with Gasteiger partial charge in [0.05, 0.1) is 19.2 Å². The fraction of sp³-hybridized carbons (Fsp3) is 0.286. The molecule has 0 aliphatic carbocycles. The standard InChI is InChI=1S/C28H31ClN2O5/c1-20(28(33)30-17-16-21-8-12-23(34-2)13-9-21)31(18-22-10-14-24(35-3)15-11-22)27(32)19-36-26-7-5-4-6-25(26)29/h4-15,20H,16-19H2,1-3H3,(H,30,33). The van der Waals surface area contributed by atoms with Crippen LogP contribution in [0.3, 0.4) is 0 Å². The number of hydrogen-bond donors (Lipinski definition) is 1. The molecule has 0 aromatic heterocycles. The van der Waals surface area contributed by atoms with Gasteiger partial charge in [0, 0.05) is 13.1 Å². The van der Waals surface area contributed by atoms with Gasteiger partial charge in [-0.2, -0.15) is 0 Å². The number of carbonyl (C=O) groups excluding carboxylic acids is 2. The largest absolute Gasteiger partial charge is 0.497 e. The Morgan fingerprint density at radius 3 is 2.06 bits per heavy atom. The molecule has 0 bridgehead atoms. The van der Waals surface area contributed by atoms with Crippen molar-refractivity contribution < 1.29 is 23.8 Å². The minimum Gasteiger partial charge on any atom is -0.497 e. The first-order valence-corrected chi connectivity index (χ1v) is 12.0. The molecule has 0 fully saturated rings. The molecule has 8 heteroatoms. The molecule has 7 nitrogen and oxygen atoms in total. The molecule has 0 saturated carbocycles. The quantitative estimate of drug-likeness (QED) is 0.388. The van der Waals surface area contributed by atoms with Crippen molar-refractivity contribution >= 4 is 23.4 Å².